The number of nitrogens with two attached hydrogens (primary N) is 1. The van der Waals surface area contributed by atoms with Gasteiger partial charge in [-0.3, -0.25) is 0 Å². The van der Waals surface area contributed by atoms with Crippen LogP contribution >= 0.6 is 11.3 Å². The molecule has 1 aromatic heterocycles. The van der Waals surface area contributed by atoms with Crippen LogP contribution in [0.5, 0.6) is 0 Å². The number of benzene rings is 1. The summed E-state index contributed by atoms with van der Waals surface area (Å²) in [6, 6.07) is 13.3. The van der Waals surface area contributed by atoms with Gasteiger partial charge in [0.1, 0.15) is 11.9 Å². The minimum absolute atomic E-state index is 0.229. The van der Waals surface area contributed by atoms with Crippen molar-refractivity contribution >= 4 is 23.2 Å². The Morgan fingerprint density at radius 2 is 2.00 bits per heavy atom. The first-order valence-corrected chi connectivity index (χ1v) is 6.85. The van der Waals surface area contributed by atoms with Gasteiger partial charge >= 0.3 is 6.03 Å². The van der Waals surface area contributed by atoms with E-state index in [1.165, 1.54) is 0 Å². The van der Waals surface area contributed by atoms with E-state index in [-0.39, 0.29) is 12.1 Å². The summed E-state index contributed by atoms with van der Waals surface area (Å²) in [6.07, 6.45) is 0. The second-order valence-corrected chi connectivity index (χ2v) is 5.33. The summed E-state index contributed by atoms with van der Waals surface area (Å²) in [7, 11) is 0. The van der Waals surface area contributed by atoms with E-state index in [1.807, 2.05) is 47.8 Å². The van der Waals surface area contributed by atoms with Gasteiger partial charge in [0.05, 0.1) is 0 Å². The number of hydrogen-bond acceptors (Lipinski definition) is 3. The first-order chi connectivity index (χ1) is 9.25. The highest BCUT2D eigenvalue weighted by atomic mass is 32.1. The average molecular weight is 271 g/mol. The largest absolute Gasteiger partial charge is 0.385 e. The zero-order chi connectivity index (χ0) is 13.2. The van der Waals surface area contributed by atoms with Crippen LogP contribution in [-0.4, -0.2) is 16.8 Å². The van der Waals surface area contributed by atoms with Gasteiger partial charge in [-0.15, -0.1) is 11.3 Å². The van der Waals surface area contributed by atoms with Crippen molar-refractivity contribution in [1.29, 1.82) is 0 Å². The number of carbonyl (C=O) groups excluding carboxylic acids is 1. The molecule has 2 amide bonds. The van der Waals surface area contributed by atoms with Crippen LogP contribution in [0.4, 0.5) is 4.79 Å². The van der Waals surface area contributed by atoms with Crippen LogP contribution in [0.15, 0.2) is 52.8 Å². The van der Waals surface area contributed by atoms with Crippen LogP contribution in [0.2, 0.25) is 0 Å². The van der Waals surface area contributed by atoms with Crippen molar-refractivity contribution in [3.63, 3.8) is 0 Å². The van der Waals surface area contributed by atoms with Crippen molar-refractivity contribution in [3.8, 4) is 0 Å². The molecule has 0 bridgehead atoms. The summed E-state index contributed by atoms with van der Waals surface area (Å²) in [4.78, 5) is 18.6. The molecule has 5 heteroatoms. The van der Waals surface area contributed by atoms with Gasteiger partial charge in [-0.25, -0.2) is 4.79 Å². The van der Waals surface area contributed by atoms with Crippen molar-refractivity contribution in [2.45, 2.75) is 12.6 Å². The van der Waals surface area contributed by atoms with Gasteiger partial charge in [-0.1, -0.05) is 36.4 Å². The summed E-state index contributed by atoms with van der Waals surface area (Å²) >= 11 is 1.59. The van der Waals surface area contributed by atoms with Gasteiger partial charge in [-0.05, 0) is 17.0 Å². The molecule has 1 aliphatic rings. The molecule has 0 spiro atoms. The Labute approximate surface area is 115 Å². The Morgan fingerprint density at radius 1 is 1.21 bits per heavy atom. The third kappa shape index (κ3) is 2.24. The molecule has 0 radical (unpaired) electrons. The maximum atomic E-state index is 12.0. The van der Waals surface area contributed by atoms with Gasteiger partial charge in [0.2, 0.25) is 0 Å². The molecule has 2 N–H and O–H groups in total. The number of hydrogen-bond donors (Lipinski definition) is 1. The van der Waals surface area contributed by atoms with Crippen molar-refractivity contribution in [1.82, 2.24) is 4.90 Å². The number of carbonyl (C=O) groups is 1. The third-order valence-electron chi connectivity index (χ3n) is 3.07. The zero-order valence-electron chi connectivity index (χ0n) is 10.2. The summed E-state index contributed by atoms with van der Waals surface area (Å²) < 4.78 is 0. The number of amides is 2. The van der Waals surface area contributed by atoms with Gasteiger partial charge in [0.15, 0.2) is 0 Å². The molecule has 1 aromatic carbocycles. The minimum Gasteiger partial charge on any atom is -0.385 e. The molecule has 3 rings (SSSR count). The molecule has 0 fully saturated rings. The lowest BCUT2D eigenvalue weighted by atomic mass is 10.1. The van der Waals surface area contributed by atoms with Crippen LogP contribution < -0.4 is 5.73 Å². The molecule has 2 heterocycles. The van der Waals surface area contributed by atoms with Crippen LogP contribution in [0.3, 0.4) is 0 Å². The molecular weight excluding hydrogens is 258 g/mol. The van der Waals surface area contributed by atoms with Crippen molar-refractivity contribution in [2.75, 3.05) is 0 Å². The molecule has 19 heavy (non-hydrogen) atoms. The Kier molecular flexibility index (Phi) is 3.05. The smallest absolute Gasteiger partial charge is 0.346 e. The number of urea groups is 1. The van der Waals surface area contributed by atoms with Crippen LogP contribution in [0.25, 0.3) is 0 Å². The van der Waals surface area contributed by atoms with E-state index in [2.05, 4.69) is 4.99 Å². The first kappa shape index (κ1) is 11.9. The van der Waals surface area contributed by atoms with E-state index >= 15 is 0 Å². The number of nitrogens with zero attached hydrogens (tertiary/aromatic N) is 2. The average Bonchev–Trinajstić information content (AvgIpc) is 3.00. The van der Waals surface area contributed by atoms with Gasteiger partial charge in [0.25, 0.3) is 0 Å². The maximum absolute atomic E-state index is 12.0. The molecule has 0 aliphatic carbocycles. The molecule has 0 saturated heterocycles. The zero-order valence-corrected chi connectivity index (χ0v) is 11.0. The third-order valence-corrected chi connectivity index (χ3v) is 4.00. The summed E-state index contributed by atoms with van der Waals surface area (Å²) in [5.41, 5.74) is 6.97. The number of aliphatic imine (C=N–C) groups is 1. The molecule has 2 aromatic rings. The van der Waals surface area contributed by atoms with E-state index in [0.717, 1.165) is 10.4 Å². The second kappa shape index (κ2) is 4.85. The highest BCUT2D eigenvalue weighted by molar-refractivity contribution is 7.10. The molecular formula is C14H13N3OS. The maximum Gasteiger partial charge on any atom is 0.346 e. The molecule has 96 valence electrons. The summed E-state index contributed by atoms with van der Waals surface area (Å²) in [6.45, 7) is 0.520. The first-order valence-electron chi connectivity index (χ1n) is 5.97. The van der Waals surface area contributed by atoms with Crippen molar-refractivity contribution in [3.05, 3.63) is 58.3 Å². The quantitative estimate of drug-likeness (QED) is 0.933. The molecule has 1 atom stereocenters. The fourth-order valence-corrected chi connectivity index (χ4v) is 3.04. The van der Waals surface area contributed by atoms with E-state index in [1.54, 1.807) is 16.2 Å². The van der Waals surface area contributed by atoms with Gasteiger partial charge < -0.3 is 10.6 Å². The van der Waals surface area contributed by atoms with Crippen LogP contribution in [0, 0.1) is 0 Å². The molecule has 4 nitrogen and oxygen atoms in total. The summed E-state index contributed by atoms with van der Waals surface area (Å²) in [5.74, 6) is 0.378. The highest BCUT2D eigenvalue weighted by Crippen LogP contribution is 2.31. The lowest BCUT2D eigenvalue weighted by molar-refractivity contribution is 0.204. The number of amidine groups is 1. The fourth-order valence-electron chi connectivity index (χ4n) is 2.19. The van der Waals surface area contributed by atoms with E-state index in [0.29, 0.717) is 12.4 Å². The summed E-state index contributed by atoms with van der Waals surface area (Å²) in [5, 5.41) is 1.98. The Bertz CT molecular complexity index is 607. The topological polar surface area (TPSA) is 58.7 Å². The van der Waals surface area contributed by atoms with Crippen LogP contribution in [0.1, 0.15) is 16.5 Å². The Hall–Kier alpha value is -2.14. The predicted molar refractivity (Wildman–Crippen MR) is 76.1 cm³/mol. The lowest BCUT2D eigenvalue weighted by Crippen LogP contribution is -2.32. The van der Waals surface area contributed by atoms with Crippen LogP contribution in [-0.2, 0) is 6.54 Å². The number of rotatable bonds is 3. The molecule has 1 aliphatic heterocycles. The predicted octanol–water partition coefficient (Wildman–Crippen LogP) is 2.78. The van der Waals surface area contributed by atoms with E-state index in [9.17, 15) is 4.79 Å². The molecule has 1 unspecified atom stereocenters. The van der Waals surface area contributed by atoms with Crippen molar-refractivity contribution < 1.29 is 4.79 Å². The number of thiophene rings is 1. The Morgan fingerprint density at radius 3 is 2.68 bits per heavy atom. The monoisotopic (exact) mass is 271 g/mol. The second-order valence-electron chi connectivity index (χ2n) is 4.35. The van der Waals surface area contributed by atoms with Gasteiger partial charge in [-0.2, -0.15) is 4.99 Å². The van der Waals surface area contributed by atoms with E-state index in [4.69, 9.17) is 5.73 Å². The minimum atomic E-state index is -0.264. The normalized spacial score (nSPS) is 18.7. The SMILES string of the molecule is NC1=NC(=O)N(Cc2ccccc2)C1c1cccs1. The van der Waals surface area contributed by atoms with Gasteiger partial charge in [0, 0.05) is 11.4 Å². The van der Waals surface area contributed by atoms with E-state index < -0.39 is 0 Å². The Balaban J connectivity index is 1.89. The standard InChI is InChI=1S/C14H13N3OS/c15-13-12(11-7-4-8-19-11)17(14(18)16-13)9-10-5-2-1-3-6-10/h1-8,12H,9H2,(H2,15,16,18). The fraction of sp³-hybridized carbons (Fsp3) is 0.143. The lowest BCUT2D eigenvalue weighted by Gasteiger charge is -2.23. The van der Waals surface area contributed by atoms with Crippen molar-refractivity contribution in [2.24, 2.45) is 10.7 Å². The molecule has 0 saturated carbocycles. The highest BCUT2D eigenvalue weighted by Gasteiger charge is 2.35.